The van der Waals surface area contributed by atoms with Crippen LogP contribution < -0.4 is 10.1 Å². The van der Waals surface area contributed by atoms with Crippen molar-refractivity contribution in [3.8, 4) is 5.75 Å². The molecule has 1 aromatic heterocycles. The average molecular weight is 316 g/mol. The van der Waals surface area contributed by atoms with Crippen LogP contribution in [-0.2, 0) is 4.79 Å². The highest BCUT2D eigenvalue weighted by Crippen LogP contribution is 2.40. The van der Waals surface area contributed by atoms with Crippen molar-refractivity contribution in [2.24, 2.45) is 0 Å². The lowest BCUT2D eigenvalue weighted by atomic mass is 10.3. The third-order valence-corrected chi connectivity index (χ3v) is 3.40. The van der Waals surface area contributed by atoms with Crippen molar-refractivity contribution in [2.75, 3.05) is 11.9 Å². The molecule has 1 aliphatic carbocycles. The first kappa shape index (κ1) is 15.1. The van der Waals surface area contributed by atoms with Gasteiger partial charge in [0.1, 0.15) is 5.75 Å². The minimum Gasteiger partial charge on any atom is -0.482 e. The molecule has 0 spiro atoms. The summed E-state index contributed by atoms with van der Waals surface area (Å²) in [5.74, 6) is 0.0534. The number of hydrogen-bond acceptors (Lipinski definition) is 5. The molecule has 2 N–H and O–H groups in total. The Morgan fingerprint density at radius 2 is 2.22 bits per heavy atom. The molecule has 0 aliphatic heterocycles. The first-order valence-electron chi connectivity index (χ1n) is 7.26. The predicted molar refractivity (Wildman–Crippen MR) is 80.7 cm³/mol. The van der Waals surface area contributed by atoms with E-state index in [1.54, 1.807) is 31.2 Å². The van der Waals surface area contributed by atoms with Crippen LogP contribution in [0.2, 0.25) is 0 Å². The number of aryl methyl sites for hydroxylation is 1. The first-order chi connectivity index (χ1) is 11.0. The monoisotopic (exact) mass is 316 g/mol. The summed E-state index contributed by atoms with van der Waals surface area (Å²) in [6.45, 7) is 1.29. The molecule has 2 aromatic rings. The molecule has 23 heavy (non-hydrogen) atoms. The Hall–Kier alpha value is -2.83. The highest BCUT2D eigenvalue weighted by atomic mass is 16.5. The van der Waals surface area contributed by atoms with Gasteiger partial charge >= 0.3 is 5.97 Å². The number of carbonyl (C=O) groups excluding carboxylic acids is 1. The van der Waals surface area contributed by atoms with Gasteiger partial charge in [0, 0.05) is 17.7 Å². The van der Waals surface area contributed by atoms with Gasteiger partial charge in [0.25, 0.3) is 5.91 Å². The van der Waals surface area contributed by atoms with Crippen LogP contribution in [0.25, 0.3) is 0 Å². The number of aliphatic carboxylic acids is 1. The number of carboxylic acid groups (broad SMARTS) is 1. The fourth-order valence-electron chi connectivity index (χ4n) is 2.13. The van der Waals surface area contributed by atoms with Gasteiger partial charge in [-0.1, -0.05) is 6.07 Å². The van der Waals surface area contributed by atoms with E-state index in [0.717, 1.165) is 12.8 Å². The number of benzene rings is 1. The SMILES string of the molecule is Cc1nc(C2CC2)oc1C(=O)Nc1cccc(OCC(=O)O)c1. The van der Waals surface area contributed by atoms with E-state index in [-0.39, 0.29) is 5.76 Å². The van der Waals surface area contributed by atoms with E-state index < -0.39 is 18.5 Å². The Bertz CT molecular complexity index is 749. The standard InChI is InChI=1S/C16H16N2O5/c1-9-14(23-16(17-9)10-5-6-10)15(21)18-11-3-2-4-12(7-11)22-8-13(19)20/h2-4,7,10H,5-6,8H2,1H3,(H,18,21)(H,19,20). The summed E-state index contributed by atoms with van der Waals surface area (Å²) >= 11 is 0. The molecule has 1 heterocycles. The highest BCUT2D eigenvalue weighted by Gasteiger charge is 2.30. The van der Waals surface area contributed by atoms with Gasteiger partial charge in [-0.25, -0.2) is 9.78 Å². The van der Waals surface area contributed by atoms with Crippen LogP contribution >= 0.6 is 0 Å². The number of oxazole rings is 1. The number of hydrogen-bond donors (Lipinski definition) is 2. The zero-order chi connectivity index (χ0) is 16.4. The summed E-state index contributed by atoms with van der Waals surface area (Å²) < 4.78 is 10.6. The molecule has 0 saturated heterocycles. The number of carbonyl (C=O) groups is 2. The summed E-state index contributed by atoms with van der Waals surface area (Å²) in [6, 6.07) is 6.51. The fourth-order valence-corrected chi connectivity index (χ4v) is 2.13. The van der Waals surface area contributed by atoms with Gasteiger partial charge in [0.15, 0.2) is 12.5 Å². The zero-order valence-corrected chi connectivity index (χ0v) is 12.5. The third kappa shape index (κ3) is 3.68. The fraction of sp³-hybridized carbons (Fsp3) is 0.312. The molecular weight excluding hydrogens is 300 g/mol. The van der Waals surface area contributed by atoms with E-state index in [1.807, 2.05) is 0 Å². The van der Waals surface area contributed by atoms with E-state index in [4.69, 9.17) is 14.3 Å². The Morgan fingerprint density at radius 3 is 2.91 bits per heavy atom. The van der Waals surface area contributed by atoms with Gasteiger partial charge in [-0.2, -0.15) is 0 Å². The van der Waals surface area contributed by atoms with Gasteiger partial charge in [0.2, 0.25) is 5.76 Å². The lowest BCUT2D eigenvalue weighted by molar-refractivity contribution is -0.139. The first-order valence-corrected chi connectivity index (χ1v) is 7.26. The molecule has 1 fully saturated rings. The molecule has 7 heteroatoms. The van der Waals surface area contributed by atoms with Gasteiger partial charge in [0.05, 0.1) is 5.69 Å². The van der Waals surface area contributed by atoms with Gasteiger partial charge in [-0.05, 0) is 31.9 Å². The Balaban J connectivity index is 1.69. The van der Waals surface area contributed by atoms with Crippen molar-refractivity contribution in [3.63, 3.8) is 0 Å². The number of amides is 1. The molecule has 1 amide bonds. The molecule has 1 aromatic carbocycles. The second kappa shape index (κ2) is 6.12. The molecule has 0 bridgehead atoms. The second-order valence-electron chi connectivity index (χ2n) is 5.41. The summed E-state index contributed by atoms with van der Waals surface area (Å²) in [5, 5.41) is 11.3. The van der Waals surface area contributed by atoms with Crippen molar-refractivity contribution in [1.82, 2.24) is 4.98 Å². The number of ether oxygens (including phenoxy) is 1. The van der Waals surface area contributed by atoms with Gasteiger partial charge < -0.3 is 19.6 Å². The van der Waals surface area contributed by atoms with Crippen LogP contribution in [0, 0.1) is 6.92 Å². The summed E-state index contributed by atoms with van der Waals surface area (Å²) in [6.07, 6.45) is 2.09. The van der Waals surface area contributed by atoms with E-state index >= 15 is 0 Å². The number of rotatable bonds is 6. The normalized spacial score (nSPS) is 13.6. The van der Waals surface area contributed by atoms with Crippen LogP contribution in [0.4, 0.5) is 5.69 Å². The topological polar surface area (TPSA) is 102 Å². The smallest absolute Gasteiger partial charge is 0.341 e. The molecule has 1 aliphatic rings. The number of nitrogens with one attached hydrogen (secondary N) is 1. The van der Waals surface area contributed by atoms with Crippen molar-refractivity contribution >= 4 is 17.6 Å². The molecule has 0 unspecified atom stereocenters. The largest absolute Gasteiger partial charge is 0.482 e. The molecule has 1 saturated carbocycles. The summed E-state index contributed by atoms with van der Waals surface area (Å²) in [7, 11) is 0. The number of aromatic nitrogens is 1. The zero-order valence-electron chi connectivity index (χ0n) is 12.5. The minimum atomic E-state index is -1.07. The molecule has 0 radical (unpaired) electrons. The van der Waals surface area contributed by atoms with Crippen molar-refractivity contribution in [1.29, 1.82) is 0 Å². The van der Waals surface area contributed by atoms with E-state index in [9.17, 15) is 9.59 Å². The van der Waals surface area contributed by atoms with Crippen LogP contribution in [0.15, 0.2) is 28.7 Å². The summed E-state index contributed by atoms with van der Waals surface area (Å²) in [4.78, 5) is 27.1. The maximum Gasteiger partial charge on any atom is 0.341 e. The van der Waals surface area contributed by atoms with Gasteiger partial charge in [-0.3, -0.25) is 4.79 Å². The molecule has 0 atom stereocenters. The Kier molecular flexibility index (Phi) is 4.01. The number of nitrogens with zero attached hydrogens (tertiary/aromatic N) is 1. The van der Waals surface area contributed by atoms with Crippen molar-refractivity contribution in [2.45, 2.75) is 25.7 Å². The molecule has 120 valence electrons. The van der Waals surface area contributed by atoms with E-state index in [0.29, 0.717) is 28.9 Å². The van der Waals surface area contributed by atoms with E-state index in [1.165, 1.54) is 0 Å². The number of anilines is 1. The van der Waals surface area contributed by atoms with Crippen molar-refractivity contribution < 1.29 is 23.8 Å². The lowest BCUT2D eigenvalue weighted by Gasteiger charge is -2.07. The lowest BCUT2D eigenvalue weighted by Crippen LogP contribution is -2.13. The Morgan fingerprint density at radius 1 is 1.43 bits per heavy atom. The van der Waals surface area contributed by atoms with Crippen LogP contribution in [-0.4, -0.2) is 28.6 Å². The molecule has 7 nitrogen and oxygen atoms in total. The predicted octanol–water partition coefficient (Wildman–Crippen LogP) is 2.58. The maximum absolute atomic E-state index is 12.3. The van der Waals surface area contributed by atoms with Crippen molar-refractivity contribution in [3.05, 3.63) is 41.6 Å². The quantitative estimate of drug-likeness (QED) is 0.849. The Labute approximate surface area is 132 Å². The minimum absolute atomic E-state index is 0.198. The van der Waals surface area contributed by atoms with Crippen LogP contribution in [0.5, 0.6) is 5.75 Å². The second-order valence-corrected chi connectivity index (χ2v) is 5.41. The number of carboxylic acids is 1. The van der Waals surface area contributed by atoms with Gasteiger partial charge in [-0.15, -0.1) is 0 Å². The van der Waals surface area contributed by atoms with E-state index in [2.05, 4.69) is 10.3 Å². The molecule has 3 rings (SSSR count). The average Bonchev–Trinajstić information content (AvgIpc) is 3.28. The van der Waals surface area contributed by atoms with Crippen LogP contribution in [0.1, 0.15) is 40.9 Å². The van der Waals surface area contributed by atoms with Crippen LogP contribution in [0.3, 0.4) is 0 Å². The third-order valence-electron chi connectivity index (χ3n) is 3.40. The molecular formula is C16H16N2O5. The highest BCUT2D eigenvalue weighted by molar-refractivity contribution is 6.03. The maximum atomic E-state index is 12.3. The summed E-state index contributed by atoms with van der Waals surface area (Å²) in [5.41, 5.74) is 1.05.